The van der Waals surface area contributed by atoms with Crippen molar-refractivity contribution in [2.45, 2.75) is 102 Å². The summed E-state index contributed by atoms with van der Waals surface area (Å²) >= 11 is 1.40. The highest BCUT2D eigenvalue weighted by Crippen LogP contribution is 2.23. The number of thioether (sulfide) groups is 1. The van der Waals surface area contributed by atoms with Crippen LogP contribution < -0.4 is 11.2 Å². The summed E-state index contributed by atoms with van der Waals surface area (Å²) in [4.78, 5) is 27.3. The minimum absolute atomic E-state index is 0.207. The number of hydrogen-bond donors (Lipinski definition) is 1. The summed E-state index contributed by atoms with van der Waals surface area (Å²) in [5.41, 5.74) is -0.520. The lowest BCUT2D eigenvalue weighted by molar-refractivity contribution is 0.379. The number of nitrogens with zero attached hydrogens (tertiary/aromatic N) is 1. The Morgan fingerprint density at radius 3 is 1.92 bits per heavy atom. The van der Waals surface area contributed by atoms with E-state index in [1.165, 1.54) is 63.1 Å². The highest BCUT2D eigenvalue weighted by atomic mass is 32.2. The zero-order chi connectivity index (χ0) is 18.5. The Hall–Kier alpha value is -0.970. The van der Waals surface area contributed by atoms with Gasteiger partial charge in [0, 0.05) is 12.2 Å². The topological polar surface area (TPSA) is 54.9 Å². The van der Waals surface area contributed by atoms with Crippen molar-refractivity contribution in [2.75, 3.05) is 6.26 Å². The van der Waals surface area contributed by atoms with Crippen molar-refractivity contribution in [3.05, 3.63) is 27.0 Å². The van der Waals surface area contributed by atoms with Crippen LogP contribution in [0.1, 0.15) is 96.9 Å². The van der Waals surface area contributed by atoms with Crippen molar-refractivity contribution in [1.29, 1.82) is 0 Å². The summed E-state index contributed by atoms with van der Waals surface area (Å²) in [6.45, 7) is 4.45. The van der Waals surface area contributed by atoms with Crippen LogP contribution in [0.4, 0.5) is 0 Å². The number of unbranched alkanes of at least 4 members (excludes halogenated alkanes) is 8. The quantitative estimate of drug-likeness (QED) is 0.347. The van der Waals surface area contributed by atoms with Crippen molar-refractivity contribution in [1.82, 2.24) is 9.55 Å². The summed E-state index contributed by atoms with van der Waals surface area (Å²) in [7, 11) is 0. The Balaban J connectivity index is 2.75. The van der Waals surface area contributed by atoms with Crippen molar-refractivity contribution in [2.24, 2.45) is 0 Å². The zero-order valence-corrected chi connectivity index (χ0v) is 17.1. The molecular weight excluding hydrogens is 332 g/mol. The molecular formula is C20H36N2O2S. The number of hydrogen-bond acceptors (Lipinski definition) is 3. The summed E-state index contributed by atoms with van der Waals surface area (Å²) < 4.78 is 1.78. The van der Waals surface area contributed by atoms with E-state index in [-0.39, 0.29) is 17.3 Å². The van der Waals surface area contributed by atoms with Crippen molar-refractivity contribution < 1.29 is 0 Å². The lowest BCUT2D eigenvalue weighted by Gasteiger charge is -2.20. The summed E-state index contributed by atoms with van der Waals surface area (Å²) in [6, 6.07) is 0.207. The van der Waals surface area contributed by atoms with Crippen LogP contribution in [0.2, 0.25) is 0 Å². The predicted molar refractivity (Wildman–Crippen MR) is 109 cm³/mol. The van der Waals surface area contributed by atoms with Crippen LogP contribution >= 0.6 is 11.8 Å². The van der Waals surface area contributed by atoms with Gasteiger partial charge in [-0.15, -0.1) is 11.8 Å². The highest BCUT2D eigenvalue weighted by molar-refractivity contribution is 7.98. The summed E-state index contributed by atoms with van der Waals surface area (Å²) in [5.74, 6) is 0. The molecule has 1 N–H and O–H groups in total. The SMILES string of the molecule is CCCCCCCC(CCCCCCC)n1cc(SC)c(=O)[nH]c1=O. The van der Waals surface area contributed by atoms with Gasteiger partial charge in [-0.2, -0.15) is 0 Å². The molecule has 4 nitrogen and oxygen atoms in total. The zero-order valence-electron chi connectivity index (χ0n) is 16.3. The van der Waals surface area contributed by atoms with Gasteiger partial charge in [0.25, 0.3) is 5.56 Å². The first kappa shape index (κ1) is 22.1. The number of rotatable bonds is 14. The molecule has 1 aromatic heterocycles. The molecule has 0 aliphatic heterocycles. The maximum Gasteiger partial charge on any atom is 0.328 e. The lowest BCUT2D eigenvalue weighted by atomic mass is 10.00. The van der Waals surface area contributed by atoms with Gasteiger partial charge in [-0.3, -0.25) is 14.3 Å². The fourth-order valence-electron chi connectivity index (χ4n) is 3.27. The van der Waals surface area contributed by atoms with Crippen LogP contribution in [0.25, 0.3) is 0 Å². The van der Waals surface area contributed by atoms with Gasteiger partial charge in [-0.25, -0.2) is 4.79 Å². The van der Waals surface area contributed by atoms with Gasteiger partial charge >= 0.3 is 5.69 Å². The first-order valence-corrected chi connectivity index (χ1v) is 11.3. The van der Waals surface area contributed by atoms with E-state index in [2.05, 4.69) is 18.8 Å². The fourth-order valence-corrected chi connectivity index (χ4v) is 3.73. The molecule has 0 saturated carbocycles. The average molecular weight is 369 g/mol. The number of H-pyrrole nitrogens is 1. The Bertz CT molecular complexity index is 566. The molecule has 0 aromatic carbocycles. The van der Waals surface area contributed by atoms with E-state index in [1.54, 1.807) is 10.8 Å². The smallest absolute Gasteiger partial charge is 0.296 e. The van der Waals surface area contributed by atoms with Crippen LogP contribution in [0.3, 0.4) is 0 Å². The molecule has 1 heterocycles. The first-order valence-electron chi connectivity index (χ1n) is 10.0. The van der Waals surface area contributed by atoms with Crippen LogP contribution in [0.15, 0.2) is 20.7 Å². The molecule has 1 aromatic rings. The van der Waals surface area contributed by atoms with E-state index in [1.807, 2.05) is 6.26 Å². The largest absolute Gasteiger partial charge is 0.328 e. The van der Waals surface area contributed by atoms with Crippen molar-refractivity contribution in [3.63, 3.8) is 0 Å². The van der Waals surface area contributed by atoms with Gasteiger partial charge in [-0.1, -0.05) is 78.1 Å². The van der Waals surface area contributed by atoms with Crippen molar-refractivity contribution >= 4 is 11.8 Å². The standard InChI is InChI=1S/C20H36N2O2S/c1-4-6-8-10-12-14-17(15-13-11-9-7-5-2)22-16-18(25-3)19(23)21-20(22)24/h16-17H,4-15H2,1-3H3,(H,21,23,24). The normalized spacial score (nSPS) is 11.4. The minimum Gasteiger partial charge on any atom is -0.296 e. The van der Waals surface area contributed by atoms with E-state index in [0.29, 0.717) is 4.90 Å². The predicted octanol–water partition coefficient (Wildman–Crippen LogP) is 5.52. The van der Waals surface area contributed by atoms with Gasteiger partial charge in [0.2, 0.25) is 0 Å². The average Bonchev–Trinajstić information content (AvgIpc) is 2.60. The van der Waals surface area contributed by atoms with Crippen LogP contribution in [-0.4, -0.2) is 15.8 Å². The highest BCUT2D eigenvalue weighted by Gasteiger charge is 2.14. The second-order valence-corrected chi connectivity index (χ2v) is 7.77. The second-order valence-electron chi connectivity index (χ2n) is 6.92. The van der Waals surface area contributed by atoms with E-state index in [0.717, 1.165) is 25.7 Å². The Morgan fingerprint density at radius 1 is 0.920 bits per heavy atom. The van der Waals surface area contributed by atoms with E-state index in [4.69, 9.17) is 0 Å². The molecule has 25 heavy (non-hydrogen) atoms. The Labute approximate surface area is 156 Å². The number of aromatic nitrogens is 2. The molecule has 0 unspecified atom stereocenters. The molecule has 144 valence electrons. The van der Waals surface area contributed by atoms with Gasteiger partial charge in [-0.05, 0) is 19.1 Å². The molecule has 0 aliphatic carbocycles. The van der Waals surface area contributed by atoms with E-state index in [9.17, 15) is 9.59 Å². The fraction of sp³-hybridized carbons (Fsp3) is 0.800. The molecule has 1 rings (SSSR count). The van der Waals surface area contributed by atoms with Gasteiger partial charge in [0.15, 0.2) is 0 Å². The van der Waals surface area contributed by atoms with Crippen molar-refractivity contribution in [3.8, 4) is 0 Å². The Kier molecular flexibility index (Phi) is 11.7. The van der Waals surface area contributed by atoms with E-state index >= 15 is 0 Å². The van der Waals surface area contributed by atoms with Crippen LogP contribution in [0.5, 0.6) is 0 Å². The second kappa shape index (κ2) is 13.3. The van der Waals surface area contributed by atoms with Gasteiger partial charge in [0.1, 0.15) is 0 Å². The molecule has 0 atom stereocenters. The molecule has 0 fully saturated rings. The molecule has 0 spiro atoms. The summed E-state index contributed by atoms with van der Waals surface area (Å²) in [6.07, 6.45) is 18.1. The molecule has 0 aliphatic rings. The molecule has 5 heteroatoms. The number of nitrogens with one attached hydrogen (secondary N) is 1. The first-order chi connectivity index (χ1) is 12.1. The van der Waals surface area contributed by atoms with E-state index < -0.39 is 0 Å². The number of aromatic amines is 1. The molecule has 0 bridgehead atoms. The van der Waals surface area contributed by atoms with Crippen LogP contribution in [-0.2, 0) is 0 Å². The molecule has 0 saturated heterocycles. The summed E-state index contributed by atoms with van der Waals surface area (Å²) in [5, 5.41) is 0. The van der Waals surface area contributed by atoms with Crippen LogP contribution in [0, 0.1) is 0 Å². The molecule has 0 amide bonds. The third-order valence-corrected chi connectivity index (χ3v) is 5.56. The third kappa shape index (κ3) is 8.30. The molecule has 0 radical (unpaired) electrons. The lowest BCUT2D eigenvalue weighted by Crippen LogP contribution is -2.33. The monoisotopic (exact) mass is 368 g/mol. The Morgan fingerprint density at radius 2 is 1.44 bits per heavy atom. The maximum atomic E-state index is 12.3. The van der Waals surface area contributed by atoms with Gasteiger partial charge < -0.3 is 0 Å². The minimum atomic E-state index is -0.265. The third-order valence-electron chi connectivity index (χ3n) is 4.83. The van der Waals surface area contributed by atoms with Gasteiger partial charge in [0.05, 0.1) is 4.90 Å². The maximum absolute atomic E-state index is 12.3.